The minimum Gasteiger partial charge on any atom is -0.748 e. The molecule has 0 unspecified atom stereocenters. The highest BCUT2D eigenvalue weighted by molar-refractivity contribution is 14.1. The number of halogens is 2. The van der Waals surface area contributed by atoms with Gasteiger partial charge in [-0.3, -0.25) is 5.04 Å². The second-order valence-corrected chi connectivity index (χ2v) is 14.7. The van der Waals surface area contributed by atoms with Crippen LogP contribution in [0.2, 0.25) is 5.02 Å². The zero-order valence-corrected chi connectivity index (χ0v) is 27.0. The molecule has 8 nitrogen and oxygen atoms in total. The van der Waals surface area contributed by atoms with Crippen LogP contribution in [0.4, 0.5) is 5.69 Å². The Bertz CT molecular complexity index is 1500. The zero-order chi connectivity index (χ0) is 28.0. The fourth-order valence-corrected chi connectivity index (χ4v) is 7.89. The highest BCUT2D eigenvalue weighted by Crippen LogP contribution is 2.47. The Balaban J connectivity index is 1.67. The van der Waals surface area contributed by atoms with E-state index in [1.54, 1.807) is 23.1 Å². The number of hydrogen-bond donors (Lipinski definition) is 0. The van der Waals surface area contributed by atoms with Crippen LogP contribution in [-0.4, -0.2) is 31.0 Å². The highest BCUT2D eigenvalue weighted by Gasteiger charge is 2.26. The molecule has 2 aromatic carbocycles. The van der Waals surface area contributed by atoms with Crippen molar-refractivity contribution in [3.8, 4) is 0 Å². The first-order chi connectivity index (χ1) is 18.7. The van der Waals surface area contributed by atoms with Gasteiger partial charge in [-0.05, 0) is 77.4 Å². The number of aryl methyl sites for hydroxylation is 1. The predicted octanol–water partition coefficient (Wildman–Crippen LogP) is 5.89. The van der Waals surface area contributed by atoms with Crippen LogP contribution in [0.5, 0.6) is 0 Å². The molecule has 4 rings (SSSR count). The minimum absolute atomic E-state index is 0.217. The standard InChI is InChI=1S/C25H26ClIN2O6S4/c1-2-17(13-24-28(9-3-11-36-35-34-30)21-16-19(27)6-8-23(21)38-24)14-25-29(10-4-12-39(31,32)33)20-15-18(26)5-7-22(20)37-25/h5-8,13-16H,2-4,9-12H2,1H3,(H-,30,31,32,33)/p-1. The van der Waals surface area contributed by atoms with Gasteiger partial charge in [-0.2, -0.15) is 8.90 Å². The molecule has 0 saturated carbocycles. The smallest absolute Gasteiger partial charge is 0.263 e. The van der Waals surface area contributed by atoms with E-state index >= 15 is 0 Å². The van der Waals surface area contributed by atoms with Crippen LogP contribution in [0, 0.1) is 3.57 Å². The maximum Gasteiger partial charge on any atom is 0.263 e. The van der Waals surface area contributed by atoms with Crippen molar-refractivity contribution >= 4 is 101 Å². The number of benzene rings is 2. The van der Waals surface area contributed by atoms with Crippen molar-refractivity contribution in [3.63, 3.8) is 0 Å². The molecule has 2 heterocycles. The molecule has 3 aromatic rings. The van der Waals surface area contributed by atoms with Gasteiger partial charge in [0.2, 0.25) is 5.52 Å². The molecule has 1 aromatic heterocycles. The summed E-state index contributed by atoms with van der Waals surface area (Å²) in [6.07, 6.45) is 6.08. The molecule has 14 heteroatoms. The van der Waals surface area contributed by atoms with Crippen LogP contribution in [0.25, 0.3) is 16.3 Å². The molecule has 39 heavy (non-hydrogen) atoms. The quantitative estimate of drug-likeness (QED) is 0.0404. The molecule has 0 bridgehead atoms. The molecular weight excluding hydrogens is 715 g/mol. The van der Waals surface area contributed by atoms with Crippen molar-refractivity contribution < 1.29 is 32.2 Å². The van der Waals surface area contributed by atoms with Gasteiger partial charge < -0.3 is 14.7 Å². The van der Waals surface area contributed by atoms with Crippen molar-refractivity contribution in [2.45, 2.75) is 37.6 Å². The third-order valence-corrected chi connectivity index (χ3v) is 10.4. The Morgan fingerprint density at radius 2 is 2.08 bits per heavy atom. The molecule has 1 aliphatic heterocycles. The number of thiazole rings is 1. The largest absolute Gasteiger partial charge is 0.748 e. The van der Waals surface area contributed by atoms with E-state index in [9.17, 15) is 18.2 Å². The van der Waals surface area contributed by atoms with Crippen LogP contribution in [0.1, 0.15) is 31.2 Å². The Morgan fingerprint density at radius 3 is 2.82 bits per heavy atom. The number of hydrogen-bond acceptors (Lipinski definition) is 10. The van der Waals surface area contributed by atoms with E-state index < -0.39 is 15.9 Å². The van der Waals surface area contributed by atoms with Crippen molar-refractivity contribution in [2.24, 2.45) is 0 Å². The van der Waals surface area contributed by atoms with Crippen molar-refractivity contribution in [3.05, 3.63) is 66.7 Å². The van der Waals surface area contributed by atoms with E-state index in [1.165, 1.54) is 4.70 Å². The summed E-state index contributed by atoms with van der Waals surface area (Å²) >= 11 is 12.9. The lowest BCUT2D eigenvalue weighted by Crippen LogP contribution is -2.35. The number of aromatic nitrogens is 1. The molecule has 210 valence electrons. The van der Waals surface area contributed by atoms with Crippen molar-refractivity contribution in [2.75, 3.05) is 23.0 Å². The summed E-state index contributed by atoms with van der Waals surface area (Å²) in [4.78, 5) is 3.07. The van der Waals surface area contributed by atoms with E-state index in [2.05, 4.69) is 73.8 Å². The van der Waals surface area contributed by atoms with Gasteiger partial charge in [0, 0.05) is 62.1 Å². The van der Waals surface area contributed by atoms with E-state index in [0.29, 0.717) is 17.3 Å². The monoisotopic (exact) mass is 739 g/mol. The summed E-state index contributed by atoms with van der Waals surface area (Å²) in [6, 6.07) is 12.0. The Morgan fingerprint density at radius 1 is 1.26 bits per heavy atom. The molecule has 0 saturated heterocycles. The molecular formula is C25H25ClIN2O6S4-. The van der Waals surface area contributed by atoms with E-state index in [0.717, 1.165) is 66.7 Å². The molecule has 0 atom stereocenters. The number of thioether (sulfide) groups is 1. The summed E-state index contributed by atoms with van der Waals surface area (Å²) in [6.45, 7) is 3.22. The Hall–Kier alpha value is -0.880. The van der Waals surface area contributed by atoms with Gasteiger partial charge in [-0.15, -0.1) is 0 Å². The van der Waals surface area contributed by atoms with Gasteiger partial charge in [0.1, 0.15) is 4.70 Å². The Labute approximate surface area is 259 Å². The molecule has 0 spiro atoms. The van der Waals surface area contributed by atoms with Gasteiger partial charge in [0.25, 0.3) is 5.01 Å². The van der Waals surface area contributed by atoms with Gasteiger partial charge >= 0.3 is 0 Å². The number of rotatable bonds is 13. The van der Waals surface area contributed by atoms with E-state index in [4.69, 9.17) is 11.6 Å². The average molecular weight is 740 g/mol. The van der Waals surface area contributed by atoms with E-state index in [-0.39, 0.29) is 6.42 Å². The lowest BCUT2D eigenvalue weighted by Gasteiger charge is -2.21. The molecule has 1 aliphatic rings. The fourth-order valence-electron chi connectivity index (χ4n) is 4.12. The van der Waals surface area contributed by atoms with Gasteiger partial charge in [-0.25, -0.2) is 8.42 Å². The number of fused-ring (bicyclic) bond motifs is 2. The van der Waals surface area contributed by atoms with Crippen LogP contribution in [0.3, 0.4) is 0 Å². The zero-order valence-electron chi connectivity index (χ0n) is 20.8. The third-order valence-electron chi connectivity index (χ3n) is 5.87. The first-order valence-electron chi connectivity index (χ1n) is 12.0. The fraction of sp³-hybridized carbons (Fsp3) is 0.320. The minimum atomic E-state index is -4.30. The summed E-state index contributed by atoms with van der Waals surface area (Å²) < 4.78 is 42.6. The second kappa shape index (κ2) is 14.3. The molecule has 0 amide bonds. The molecule has 0 radical (unpaired) electrons. The van der Waals surface area contributed by atoms with Crippen LogP contribution in [0.15, 0.2) is 58.0 Å². The molecule has 0 fully saturated rings. The Kier molecular flexibility index (Phi) is 11.4. The summed E-state index contributed by atoms with van der Waals surface area (Å²) in [7, 11) is -4.30. The highest BCUT2D eigenvalue weighted by atomic mass is 127. The maximum absolute atomic E-state index is 11.2. The summed E-state index contributed by atoms with van der Waals surface area (Å²) in [5, 5.41) is 16.2. The normalized spacial score (nSPS) is 15.1. The van der Waals surface area contributed by atoms with Crippen LogP contribution < -0.4 is 14.7 Å². The number of allylic oxidation sites excluding steroid dienone is 2. The topological polar surface area (TPSA) is 106 Å². The number of anilines is 1. The summed E-state index contributed by atoms with van der Waals surface area (Å²) in [5.74, 6) is 0.189. The molecule has 0 N–H and O–H groups in total. The van der Waals surface area contributed by atoms with Crippen molar-refractivity contribution in [1.82, 2.24) is 0 Å². The van der Waals surface area contributed by atoms with Crippen LogP contribution in [-0.2, 0) is 26.0 Å². The van der Waals surface area contributed by atoms with Gasteiger partial charge in [-0.1, -0.05) is 41.6 Å². The number of nitrogens with zero attached hydrogens (tertiary/aromatic N) is 2. The lowest BCUT2D eigenvalue weighted by molar-refractivity contribution is -0.777. The summed E-state index contributed by atoms with van der Waals surface area (Å²) in [5.41, 5.74) is 3.15. The van der Waals surface area contributed by atoms with Gasteiger partial charge in [0.05, 0.1) is 20.8 Å². The van der Waals surface area contributed by atoms with Gasteiger partial charge in [0.15, 0.2) is 6.54 Å². The van der Waals surface area contributed by atoms with E-state index in [1.807, 2.05) is 23.1 Å². The average Bonchev–Trinajstić information content (AvgIpc) is 3.39. The first kappa shape index (κ1) is 31.1. The SMILES string of the molecule is CCC(/C=C1\Sc2ccc(Cl)cc2N1CCCS(=O)(=O)[O-])=C\c1sc2ccc(I)cc2[n+]1CCCSOO[O-]. The third kappa shape index (κ3) is 8.56. The predicted molar refractivity (Wildman–Crippen MR) is 164 cm³/mol. The first-order valence-corrected chi connectivity index (χ1v) is 17.6. The lowest BCUT2D eigenvalue weighted by atomic mass is 10.2. The van der Waals surface area contributed by atoms with Crippen LogP contribution >= 0.6 is 69.3 Å². The second-order valence-electron chi connectivity index (χ2n) is 8.55. The molecule has 0 aliphatic carbocycles. The maximum atomic E-state index is 11.2. The van der Waals surface area contributed by atoms with Crippen molar-refractivity contribution in [1.29, 1.82) is 0 Å².